The average Bonchev–Trinajstić information content (AvgIpc) is 2.47. The predicted octanol–water partition coefficient (Wildman–Crippen LogP) is 4.28. The van der Waals surface area contributed by atoms with E-state index in [9.17, 15) is 8.42 Å². The Morgan fingerprint density at radius 1 is 0.955 bits per heavy atom. The SMILES string of the molecule is C=CCCS(=O)(=O)O.CCCC[N+](C)(CCCC)CCCC. The second-order valence-electron chi connectivity index (χ2n) is 6.21. The average molecular weight is 337 g/mol. The quantitative estimate of drug-likeness (QED) is 0.329. The molecule has 0 bridgehead atoms. The fraction of sp³-hybridized carbons (Fsp3) is 0.882. The van der Waals surface area contributed by atoms with E-state index in [1.165, 1.54) is 68.7 Å². The third-order valence-corrected chi connectivity index (χ3v) is 4.49. The Hall–Kier alpha value is -0.390. The van der Waals surface area contributed by atoms with Crippen molar-refractivity contribution in [1.82, 2.24) is 0 Å². The molecular weight excluding hydrogens is 298 g/mol. The molecule has 0 aliphatic rings. The molecule has 0 spiro atoms. The minimum atomic E-state index is -3.76. The van der Waals surface area contributed by atoms with Crippen molar-refractivity contribution in [2.75, 3.05) is 32.4 Å². The first-order valence-corrected chi connectivity index (χ1v) is 10.2. The van der Waals surface area contributed by atoms with Crippen LogP contribution in [-0.4, -0.2) is 49.9 Å². The van der Waals surface area contributed by atoms with Crippen LogP contribution < -0.4 is 0 Å². The van der Waals surface area contributed by atoms with Gasteiger partial charge in [-0.2, -0.15) is 8.42 Å². The van der Waals surface area contributed by atoms with Gasteiger partial charge in [0.15, 0.2) is 0 Å². The third kappa shape index (κ3) is 17.7. The maximum Gasteiger partial charge on any atom is 0.265 e. The molecule has 0 heterocycles. The van der Waals surface area contributed by atoms with Crippen molar-refractivity contribution in [2.24, 2.45) is 0 Å². The lowest BCUT2D eigenvalue weighted by Gasteiger charge is -2.34. The van der Waals surface area contributed by atoms with E-state index < -0.39 is 10.1 Å². The molecule has 0 amide bonds. The molecule has 0 saturated heterocycles. The Morgan fingerprint density at radius 2 is 1.32 bits per heavy atom. The number of unbranched alkanes of at least 4 members (excludes halogenated alkanes) is 3. The van der Waals surface area contributed by atoms with Gasteiger partial charge in [-0.1, -0.05) is 46.1 Å². The van der Waals surface area contributed by atoms with Crippen molar-refractivity contribution in [1.29, 1.82) is 0 Å². The minimum Gasteiger partial charge on any atom is -0.326 e. The standard InChI is InChI=1S/C13H30N.C4H8O3S/c1-5-8-11-14(4,12-9-6-2)13-10-7-3;1-2-3-4-8(5,6)7/h5-13H2,1-4H3;2H,1,3-4H2,(H,5,6,7)/q+1;. The van der Waals surface area contributed by atoms with Crippen molar-refractivity contribution in [2.45, 2.75) is 65.7 Å². The summed E-state index contributed by atoms with van der Waals surface area (Å²) >= 11 is 0. The smallest absolute Gasteiger partial charge is 0.265 e. The predicted molar refractivity (Wildman–Crippen MR) is 96.7 cm³/mol. The zero-order chi connectivity index (χ0) is 17.5. The summed E-state index contributed by atoms with van der Waals surface area (Å²) < 4.78 is 29.2. The highest BCUT2D eigenvalue weighted by molar-refractivity contribution is 7.85. The van der Waals surface area contributed by atoms with Gasteiger partial charge in [0.05, 0.1) is 32.4 Å². The largest absolute Gasteiger partial charge is 0.326 e. The molecule has 0 saturated carbocycles. The Kier molecular flexibility index (Phi) is 15.4. The normalized spacial score (nSPS) is 11.7. The van der Waals surface area contributed by atoms with Crippen LogP contribution in [-0.2, 0) is 10.1 Å². The highest BCUT2D eigenvalue weighted by atomic mass is 32.2. The van der Waals surface area contributed by atoms with Crippen LogP contribution in [0.2, 0.25) is 0 Å². The van der Waals surface area contributed by atoms with E-state index in [4.69, 9.17) is 4.55 Å². The van der Waals surface area contributed by atoms with Gasteiger partial charge in [0, 0.05) is 0 Å². The van der Waals surface area contributed by atoms with Crippen LogP contribution in [0.5, 0.6) is 0 Å². The summed E-state index contributed by atoms with van der Waals surface area (Å²) in [6.45, 7) is 14.3. The summed E-state index contributed by atoms with van der Waals surface area (Å²) in [5.74, 6) is -0.226. The molecule has 0 fully saturated rings. The first kappa shape index (κ1) is 23.9. The summed E-state index contributed by atoms with van der Waals surface area (Å²) in [7, 11) is -1.31. The molecule has 0 atom stereocenters. The van der Waals surface area contributed by atoms with Gasteiger partial charge in [-0.15, -0.1) is 6.58 Å². The lowest BCUT2D eigenvalue weighted by atomic mass is 10.2. The van der Waals surface area contributed by atoms with Crippen molar-refractivity contribution in [3.05, 3.63) is 12.7 Å². The molecule has 22 heavy (non-hydrogen) atoms. The fourth-order valence-corrected chi connectivity index (χ4v) is 2.65. The molecule has 1 N–H and O–H groups in total. The lowest BCUT2D eigenvalue weighted by Crippen LogP contribution is -2.46. The van der Waals surface area contributed by atoms with Gasteiger partial charge in [-0.25, -0.2) is 0 Å². The number of hydrogen-bond donors (Lipinski definition) is 1. The van der Waals surface area contributed by atoms with E-state index in [1.54, 1.807) is 0 Å². The van der Waals surface area contributed by atoms with Gasteiger partial charge >= 0.3 is 0 Å². The summed E-state index contributed by atoms with van der Waals surface area (Å²) in [4.78, 5) is 0. The molecule has 0 aliphatic heterocycles. The molecule has 134 valence electrons. The van der Waals surface area contributed by atoms with E-state index in [0.29, 0.717) is 6.42 Å². The first-order valence-electron chi connectivity index (χ1n) is 8.64. The van der Waals surface area contributed by atoms with Crippen LogP contribution in [0.25, 0.3) is 0 Å². The fourth-order valence-electron chi connectivity index (χ4n) is 2.19. The molecule has 0 rings (SSSR count). The molecule has 0 radical (unpaired) electrons. The van der Waals surface area contributed by atoms with E-state index in [-0.39, 0.29) is 5.75 Å². The molecule has 5 heteroatoms. The second kappa shape index (κ2) is 14.2. The maximum absolute atomic E-state index is 9.90. The minimum absolute atomic E-state index is 0.226. The number of rotatable bonds is 12. The van der Waals surface area contributed by atoms with Crippen LogP contribution >= 0.6 is 0 Å². The van der Waals surface area contributed by atoms with Crippen LogP contribution in [0.3, 0.4) is 0 Å². The highest BCUT2D eigenvalue weighted by Crippen LogP contribution is 2.10. The third-order valence-electron chi connectivity index (χ3n) is 3.73. The Bertz CT molecular complexity index is 331. The van der Waals surface area contributed by atoms with Gasteiger partial charge in [-0.05, 0) is 25.7 Å². The van der Waals surface area contributed by atoms with Gasteiger partial charge in [0.1, 0.15) is 0 Å². The summed E-state index contributed by atoms with van der Waals surface area (Å²) in [6, 6.07) is 0. The highest BCUT2D eigenvalue weighted by Gasteiger charge is 2.18. The van der Waals surface area contributed by atoms with Crippen LogP contribution in [0, 0.1) is 0 Å². The number of quaternary nitrogens is 1. The zero-order valence-electron chi connectivity index (χ0n) is 15.2. The number of nitrogens with zero attached hydrogens (tertiary/aromatic N) is 1. The lowest BCUT2D eigenvalue weighted by molar-refractivity contribution is -0.910. The number of hydrogen-bond acceptors (Lipinski definition) is 2. The van der Waals surface area contributed by atoms with Gasteiger partial charge < -0.3 is 4.48 Å². The Labute approximate surface area is 138 Å². The van der Waals surface area contributed by atoms with Crippen molar-refractivity contribution in [3.8, 4) is 0 Å². The van der Waals surface area contributed by atoms with Gasteiger partial charge in [-0.3, -0.25) is 4.55 Å². The molecule has 0 aromatic rings. The van der Waals surface area contributed by atoms with E-state index >= 15 is 0 Å². The van der Waals surface area contributed by atoms with Gasteiger partial charge in [0.2, 0.25) is 0 Å². The van der Waals surface area contributed by atoms with E-state index in [1.807, 2.05) is 0 Å². The monoisotopic (exact) mass is 336 g/mol. The Balaban J connectivity index is 0. The summed E-state index contributed by atoms with van der Waals surface area (Å²) in [5.41, 5.74) is 0. The van der Waals surface area contributed by atoms with Crippen LogP contribution in [0.4, 0.5) is 0 Å². The first-order chi connectivity index (χ1) is 10.2. The molecule has 0 aromatic heterocycles. The Morgan fingerprint density at radius 3 is 1.50 bits per heavy atom. The summed E-state index contributed by atoms with van der Waals surface area (Å²) in [6.07, 6.45) is 9.94. The van der Waals surface area contributed by atoms with Gasteiger partial charge in [0.25, 0.3) is 10.1 Å². The van der Waals surface area contributed by atoms with E-state index in [2.05, 4.69) is 34.4 Å². The van der Waals surface area contributed by atoms with Crippen molar-refractivity contribution in [3.63, 3.8) is 0 Å². The van der Waals surface area contributed by atoms with Crippen molar-refractivity contribution >= 4 is 10.1 Å². The molecule has 0 unspecified atom stereocenters. The molecule has 0 aliphatic carbocycles. The summed E-state index contributed by atoms with van der Waals surface area (Å²) in [5, 5.41) is 0. The maximum atomic E-state index is 9.90. The van der Waals surface area contributed by atoms with Crippen molar-refractivity contribution < 1.29 is 17.5 Å². The molecule has 0 aromatic carbocycles. The molecular formula is C17H38NO3S+. The van der Waals surface area contributed by atoms with E-state index in [0.717, 1.165) is 0 Å². The topological polar surface area (TPSA) is 54.4 Å². The van der Waals surface area contributed by atoms with Crippen LogP contribution in [0.1, 0.15) is 65.7 Å². The molecule has 4 nitrogen and oxygen atoms in total. The van der Waals surface area contributed by atoms with Crippen LogP contribution in [0.15, 0.2) is 12.7 Å². The number of allylic oxidation sites excluding steroid dienone is 1. The zero-order valence-corrected chi connectivity index (χ0v) is 16.0. The second-order valence-corrected chi connectivity index (χ2v) is 7.79.